The van der Waals surface area contributed by atoms with Gasteiger partial charge in [0.25, 0.3) is 0 Å². The van der Waals surface area contributed by atoms with Gasteiger partial charge in [0.15, 0.2) is 6.39 Å². The molecule has 0 aromatic carbocycles. The standard InChI is InChI=1S/C9H9NOS/c1-2-9(12-5-1)4-3-8-6-11-7-10-8/h1-2,5-7H,3-4H2. The van der Waals surface area contributed by atoms with Crippen molar-refractivity contribution >= 4 is 11.3 Å². The molecule has 0 aliphatic rings. The Balaban J connectivity index is 1.91. The quantitative estimate of drug-likeness (QED) is 0.723. The number of rotatable bonds is 3. The van der Waals surface area contributed by atoms with Crippen LogP contribution in [-0.2, 0) is 12.8 Å². The Morgan fingerprint density at radius 1 is 1.42 bits per heavy atom. The minimum absolute atomic E-state index is 0.969. The van der Waals surface area contributed by atoms with Gasteiger partial charge in [0.1, 0.15) is 6.26 Å². The molecule has 0 aliphatic heterocycles. The molecule has 0 aliphatic carbocycles. The van der Waals surface area contributed by atoms with Gasteiger partial charge in [0.05, 0.1) is 5.69 Å². The SMILES string of the molecule is c1csc(CCc2cocn2)c1. The Labute approximate surface area is 74.9 Å². The Morgan fingerprint density at radius 3 is 3.08 bits per heavy atom. The molecule has 0 unspecified atom stereocenters. The molecule has 0 spiro atoms. The van der Waals surface area contributed by atoms with Crippen LogP contribution >= 0.6 is 11.3 Å². The maximum absolute atomic E-state index is 4.88. The highest BCUT2D eigenvalue weighted by molar-refractivity contribution is 7.09. The van der Waals surface area contributed by atoms with Crippen molar-refractivity contribution in [2.45, 2.75) is 12.8 Å². The summed E-state index contributed by atoms with van der Waals surface area (Å²) < 4.78 is 4.88. The van der Waals surface area contributed by atoms with Gasteiger partial charge in [-0.25, -0.2) is 4.98 Å². The number of hydrogen-bond donors (Lipinski definition) is 0. The van der Waals surface area contributed by atoms with Crippen molar-refractivity contribution in [3.05, 3.63) is 40.7 Å². The first kappa shape index (κ1) is 7.55. The van der Waals surface area contributed by atoms with E-state index in [4.69, 9.17) is 4.42 Å². The monoisotopic (exact) mass is 179 g/mol. The fraction of sp³-hybridized carbons (Fsp3) is 0.222. The molecular formula is C9H9NOS. The molecule has 2 nitrogen and oxygen atoms in total. The van der Waals surface area contributed by atoms with Crippen LogP contribution in [0.15, 0.2) is 34.6 Å². The van der Waals surface area contributed by atoms with Crippen LogP contribution in [0.5, 0.6) is 0 Å². The summed E-state index contributed by atoms with van der Waals surface area (Å²) >= 11 is 1.79. The van der Waals surface area contributed by atoms with E-state index in [1.54, 1.807) is 17.6 Å². The second-order valence-electron chi connectivity index (χ2n) is 2.56. The third kappa shape index (κ3) is 1.74. The van der Waals surface area contributed by atoms with Crippen molar-refractivity contribution < 1.29 is 4.42 Å². The van der Waals surface area contributed by atoms with Gasteiger partial charge in [-0.1, -0.05) is 6.07 Å². The van der Waals surface area contributed by atoms with E-state index >= 15 is 0 Å². The summed E-state index contributed by atoms with van der Waals surface area (Å²) in [7, 11) is 0. The molecule has 12 heavy (non-hydrogen) atoms. The van der Waals surface area contributed by atoms with Crippen molar-refractivity contribution in [1.29, 1.82) is 0 Å². The van der Waals surface area contributed by atoms with Gasteiger partial charge in [-0.05, 0) is 24.3 Å². The van der Waals surface area contributed by atoms with Crippen LogP contribution < -0.4 is 0 Å². The Bertz CT molecular complexity index is 278. The second kappa shape index (κ2) is 3.54. The van der Waals surface area contributed by atoms with E-state index < -0.39 is 0 Å². The summed E-state index contributed by atoms with van der Waals surface area (Å²) in [5.41, 5.74) is 1.03. The lowest BCUT2D eigenvalue weighted by atomic mass is 10.2. The van der Waals surface area contributed by atoms with Gasteiger partial charge in [0.2, 0.25) is 0 Å². The average Bonchev–Trinajstić information content (AvgIpc) is 2.74. The summed E-state index contributed by atoms with van der Waals surface area (Å²) in [6.07, 6.45) is 5.21. The largest absolute Gasteiger partial charge is 0.451 e. The van der Waals surface area contributed by atoms with E-state index in [1.165, 1.54) is 11.3 Å². The predicted molar refractivity (Wildman–Crippen MR) is 48.2 cm³/mol. The van der Waals surface area contributed by atoms with E-state index in [0.717, 1.165) is 18.5 Å². The van der Waals surface area contributed by atoms with E-state index in [1.807, 2.05) is 0 Å². The summed E-state index contributed by atoms with van der Waals surface area (Å²) in [4.78, 5) is 5.45. The summed E-state index contributed by atoms with van der Waals surface area (Å²) in [6.45, 7) is 0. The molecule has 0 bridgehead atoms. The van der Waals surface area contributed by atoms with Crippen molar-refractivity contribution in [2.24, 2.45) is 0 Å². The van der Waals surface area contributed by atoms with Gasteiger partial charge in [0, 0.05) is 4.88 Å². The maximum atomic E-state index is 4.88. The van der Waals surface area contributed by atoms with Gasteiger partial charge in [-0.3, -0.25) is 0 Å². The minimum atomic E-state index is 0.969. The van der Waals surface area contributed by atoms with Crippen LogP contribution in [0, 0.1) is 0 Å². The Morgan fingerprint density at radius 2 is 2.42 bits per heavy atom. The lowest BCUT2D eigenvalue weighted by Crippen LogP contribution is -1.87. The molecule has 2 heterocycles. The normalized spacial score (nSPS) is 10.3. The molecule has 0 amide bonds. The maximum Gasteiger partial charge on any atom is 0.180 e. The van der Waals surface area contributed by atoms with Gasteiger partial charge >= 0.3 is 0 Å². The van der Waals surface area contributed by atoms with Gasteiger partial charge in [-0.2, -0.15) is 0 Å². The fourth-order valence-electron chi connectivity index (χ4n) is 1.07. The van der Waals surface area contributed by atoms with Crippen molar-refractivity contribution in [1.82, 2.24) is 4.98 Å². The second-order valence-corrected chi connectivity index (χ2v) is 3.59. The van der Waals surface area contributed by atoms with Crippen LogP contribution in [-0.4, -0.2) is 4.98 Å². The molecule has 0 N–H and O–H groups in total. The van der Waals surface area contributed by atoms with Crippen LogP contribution in [0.3, 0.4) is 0 Å². The zero-order valence-corrected chi connectivity index (χ0v) is 7.38. The first-order valence-corrected chi connectivity index (χ1v) is 4.72. The molecule has 2 aromatic rings. The van der Waals surface area contributed by atoms with Crippen molar-refractivity contribution in [2.75, 3.05) is 0 Å². The first-order valence-electron chi connectivity index (χ1n) is 3.84. The summed E-state index contributed by atoms with van der Waals surface area (Å²) in [6, 6.07) is 4.22. The number of nitrogens with zero attached hydrogens (tertiary/aromatic N) is 1. The fourth-order valence-corrected chi connectivity index (χ4v) is 1.78. The number of aryl methyl sites for hydroxylation is 2. The molecule has 0 fully saturated rings. The van der Waals surface area contributed by atoms with Crippen molar-refractivity contribution in [3.8, 4) is 0 Å². The molecule has 3 heteroatoms. The molecule has 62 valence electrons. The molecule has 0 radical (unpaired) electrons. The number of thiophene rings is 1. The number of oxazole rings is 1. The molecular weight excluding hydrogens is 170 g/mol. The molecule has 0 saturated carbocycles. The zero-order chi connectivity index (χ0) is 8.23. The van der Waals surface area contributed by atoms with Crippen LogP contribution in [0.4, 0.5) is 0 Å². The topological polar surface area (TPSA) is 26.0 Å². The number of aromatic nitrogens is 1. The summed E-state index contributed by atoms with van der Waals surface area (Å²) in [5, 5.41) is 2.10. The molecule has 0 atom stereocenters. The van der Waals surface area contributed by atoms with E-state index in [0.29, 0.717) is 0 Å². The molecule has 2 aromatic heterocycles. The highest BCUT2D eigenvalue weighted by Gasteiger charge is 1.97. The van der Waals surface area contributed by atoms with Crippen LogP contribution in [0.2, 0.25) is 0 Å². The molecule has 0 saturated heterocycles. The van der Waals surface area contributed by atoms with Gasteiger partial charge < -0.3 is 4.42 Å². The van der Waals surface area contributed by atoms with E-state index in [9.17, 15) is 0 Å². The van der Waals surface area contributed by atoms with Crippen LogP contribution in [0.1, 0.15) is 10.6 Å². The predicted octanol–water partition coefficient (Wildman–Crippen LogP) is 2.52. The van der Waals surface area contributed by atoms with E-state index in [2.05, 4.69) is 22.5 Å². The van der Waals surface area contributed by atoms with Crippen LogP contribution in [0.25, 0.3) is 0 Å². The molecule has 2 rings (SSSR count). The highest BCUT2D eigenvalue weighted by Crippen LogP contribution is 2.11. The number of hydrogen-bond acceptors (Lipinski definition) is 3. The van der Waals surface area contributed by atoms with Crippen molar-refractivity contribution in [3.63, 3.8) is 0 Å². The summed E-state index contributed by atoms with van der Waals surface area (Å²) in [5.74, 6) is 0. The lowest BCUT2D eigenvalue weighted by molar-refractivity contribution is 0.556. The average molecular weight is 179 g/mol. The van der Waals surface area contributed by atoms with E-state index in [-0.39, 0.29) is 0 Å². The Hall–Kier alpha value is -1.09. The smallest absolute Gasteiger partial charge is 0.180 e. The minimum Gasteiger partial charge on any atom is -0.451 e. The Kier molecular flexibility index (Phi) is 2.23. The zero-order valence-electron chi connectivity index (χ0n) is 6.56. The highest BCUT2D eigenvalue weighted by atomic mass is 32.1. The van der Waals surface area contributed by atoms with Gasteiger partial charge in [-0.15, -0.1) is 11.3 Å². The lowest BCUT2D eigenvalue weighted by Gasteiger charge is -1.91. The third-order valence-corrected chi connectivity index (χ3v) is 2.63. The first-order chi connectivity index (χ1) is 5.95. The third-order valence-electron chi connectivity index (χ3n) is 1.69.